The van der Waals surface area contributed by atoms with Crippen molar-refractivity contribution >= 4 is 35.3 Å². The lowest BCUT2D eigenvalue weighted by atomic mass is 9.84. The van der Waals surface area contributed by atoms with Crippen LogP contribution in [0.25, 0.3) is 0 Å². The Morgan fingerprint density at radius 3 is 1.97 bits per heavy atom. The van der Waals surface area contributed by atoms with Gasteiger partial charge in [-0.25, -0.2) is 9.78 Å². The van der Waals surface area contributed by atoms with Gasteiger partial charge in [0.25, 0.3) is 5.69 Å². The molecule has 2 unspecified atom stereocenters. The number of hydrogen-bond donors (Lipinski definition) is 6. The van der Waals surface area contributed by atoms with E-state index in [-0.39, 0.29) is 43.8 Å². The number of nitrogens with zero attached hydrogens (tertiary/aromatic N) is 3. The minimum Gasteiger partial charge on any atom is -0.444 e. The molecule has 17 heteroatoms. The summed E-state index contributed by atoms with van der Waals surface area (Å²) in [5.74, 6) is -5.83. The number of nitrogens with two attached hydrogens (primary N) is 2. The lowest BCUT2D eigenvalue weighted by molar-refractivity contribution is -0.384. The zero-order valence-corrected chi connectivity index (χ0v) is 35.0. The van der Waals surface area contributed by atoms with E-state index in [1.807, 2.05) is 13.8 Å². The molecule has 0 radical (unpaired) electrons. The van der Waals surface area contributed by atoms with Crippen LogP contribution in [0.2, 0.25) is 0 Å². The maximum absolute atomic E-state index is 15.1. The van der Waals surface area contributed by atoms with Gasteiger partial charge < -0.3 is 36.9 Å². The van der Waals surface area contributed by atoms with E-state index >= 15 is 9.59 Å². The molecule has 0 saturated carbocycles. The van der Waals surface area contributed by atoms with Crippen molar-refractivity contribution in [1.82, 2.24) is 25.5 Å². The fraction of sp³-hybridized carbons (Fsp3) is 0.409. The molecule has 4 amide bonds. The van der Waals surface area contributed by atoms with E-state index in [0.29, 0.717) is 22.4 Å². The minimum atomic E-state index is -2.06. The molecule has 0 aliphatic rings. The number of nitro benzene ring substituents is 1. The standard InChI is InChI=1S/C44H56N8O9/c1-27(2)20-34(46)41(56)51(25-30-14-10-7-11-15-30)42(57)37(38(53)33(45)21-29-16-18-32(19-17-29)52(59)60)39(54)35(23-31-24-47-26-48-31)49-40(55)36(22-28-12-8-6-9-13-28)50-43(58)61-44(3,4)5/h6-19,24,26-27,33-38,53H,20-23,25,45-46H2,1-5H3,(H,47,48)(H,49,55)(H,50,58)/t33-,34-,35-,36-,37?,38?/m0/s1. The number of alkyl carbamates (subject to hydrolysis) is 1. The predicted octanol–water partition coefficient (Wildman–Crippen LogP) is 3.53. The zero-order chi connectivity index (χ0) is 44.9. The normalized spacial score (nSPS) is 14.4. The fourth-order valence-corrected chi connectivity index (χ4v) is 6.67. The number of hydrogen-bond acceptors (Lipinski definition) is 12. The molecule has 6 atom stereocenters. The third kappa shape index (κ3) is 14.4. The van der Waals surface area contributed by atoms with Crippen molar-refractivity contribution in [3.8, 4) is 0 Å². The minimum absolute atomic E-state index is 0.0188. The van der Waals surface area contributed by atoms with Gasteiger partial charge in [-0.1, -0.05) is 86.6 Å². The number of nitrogens with one attached hydrogen (secondary N) is 3. The second-order valence-electron chi connectivity index (χ2n) is 16.4. The van der Waals surface area contributed by atoms with Crippen LogP contribution in [0.5, 0.6) is 0 Å². The first-order valence-corrected chi connectivity index (χ1v) is 20.0. The second kappa shape index (κ2) is 21.8. The van der Waals surface area contributed by atoms with E-state index in [1.165, 1.54) is 36.8 Å². The van der Waals surface area contributed by atoms with Crippen molar-refractivity contribution in [2.45, 2.75) is 103 Å². The second-order valence-corrected chi connectivity index (χ2v) is 16.4. The highest BCUT2D eigenvalue weighted by atomic mass is 16.6. The Labute approximate surface area is 354 Å². The van der Waals surface area contributed by atoms with Crippen molar-refractivity contribution in [3.63, 3.8) is 0 Å². The summed E-state index contributed by atoms with van der Waals surface area (Å²) in [6, 6.07) is 17.4. The molecule has 17 nitrogen and oxygen atoms in total. The van der Waals surface area contributed by atoms with Gasteiger partial charge in [0.1, 0.15) is 17.6 Å². The molecule has 0 fully saturated rings. The van der Waals surface area contributed by atoms with Crippen LogP contribution < -0.4 is 22.1 Å². The number of amides is 4. The summed E-state index contributed by atoms with van der Waals surface area (Å²) < 4.78 is 5.45. The third-order valence-electron chi connectivity index (χ3n) is 9.66. The number of aliphatic hydroxyl groups is 1. The third-order valence-corrected chi connectivity index (χ3v) is 9.66. The summed E-state index contributed by atoms with van der Waals surface area (Å²) in [5.41, 5.74) is 13.9. The van der Waals surface area contributed by atoms with Crippen LogP contribution in [0.3, 0.4) is 0 Å². The highest BCUT2D eigenvalue weighted by Gasteiger charge is 2.45. The number of nitro groups is 1. The quantitative estimate of drug-likeness (QED) is 0.0424. The Morgan fingerprint density at radius 2 is 1.43 bits per heavy atom. The smallest absolute Gasteiger partial charge is 0.408 e. The predicted molar refractivity (Wildman–Crippen MR) is 226 cm³/mol. The summed E-state index contributed by atoms with van der Waals surface area (Å²) in [7, 11) is 0. The van der Waals surface area contributed by atoms with Crippen molar-refractivity contribution in [1.29, 1.82) is 0 Å². The lowest BCUT2D eigenvalue weighted by Gasteiger charge is -2.34. The topological polar surface area (TPSA) is 266 Å². The number of imide groups is 1. The first-order valence-electron chi connectivity index (χ1n) is 20.0. The van der Waals surface area contributed by atoms with Crippen LogP contribution in [-0.4, -0.2) is 90.4 Å². The van der Waals surface area contributed by atoms with Gasteiger partial charge in [-0.15, -0.1) is 0 Å². The lowest BCUT2D eigenvalue weighted by Crippen LogP contribution is -2.60. The first kappa shape index (κ1) is 47.4. The summed E-state index contributed by atoms with van der Waals surface area (Å²) in [6.07, 6.45) is -0.322. The molecule has 1 heterocycles. The number of imidazole rings is 1. The van der Waals surface area contributed by atoms with E-state index < -0.39 is 76.3 Å². The Bertz CT molecular complexity index is 2070. The Morgan fingerprint density at radius 1 is 0.836 bits per heavy atom. The van der Waals surface area contributed by atoms with Gasteiger partial charge >= 0.3 is 6.09 Å². The molecule has 326 valence electrons. The number of non-ortho nitro benzene ring substituents is 1. The highest BCUT2D eigenvalue weighted by molar-refractivity contribution is 6.10. The van der Waals surface area contributed by atoms with Crippen molar-refractivity contribution in [2.75, 3.05) is 0 Å². The van der Waals surface area contributed by atoms with E-state index in [4.69, 9.17) is 16.2 Å². The number of carbonyl (C=O) groups excluding carboxylic acids is 5. The van der Waals surface area contributed by atoms with Crippen LogP contribution in [0, 0.1) is 22.0 Å². The SMILES string of the molecule is CC(C)C[C@H](N)C(=O)N(Cc1ccccc1)C(=O)C(C(=O)[C@H](Cc1cnc[nH]1)NC(=O)[C@H](Cc1ccccc1)NC(=O)OC(C)(C)C)C(O)[C@@H](N)Cc1ccc([N+](=O)[O-])cc1. The van der Waals surface area contributed by atoms with Gasteiger partial charge in [-0.3, -0.25) is 34.2 Å². The van der Waals surface area contributed by atoms with Crippen LogP contribution in [0.4, 0.5) is 10.5 Å². The number of ether oxygens (including phenoxy) is 1. The van der Waals surface area contributed by atoms with Crippen LogP contribution >= 0.6 is 0 Å². The fourth-order valence-electron chi connectivity index (χ4n) is 6.67. The number of benzene rings is 3. The van der Waals surface area contributed by atoms with Crippen LogP contribution in [0.15, 0.2) is 97.5 Å². The Hall–Kier alpha value is -6.30. The summed E-state index contributed by atoms with van der Waals surface area (Å²) >= 11 is 0. The molecule has 8 N–H and O–H groups in total. The summed E-state index contributed by atoms with van der Waals surface area (Å²) in [4.78, 5) is 90.2. The number of rotatable bonds is 20. The zero-order valence-electron chi connectivity index (χ0n) is 35.0. The maximum atomic E-state index is 15.1. The molecule has 0 aliphatic heterocycles. The number of aromatic amines is 1. The molecule has 0 bridgehead atoms. The van der Waals surface area contributed by atoms with E-state index in [2.05, 4.69) is 20.6 Å². The molecular weight excluding hydrogens is 785 g/mol. The van der Waals surface area contributed by atoms with Gasteiger partial charge in [-0.05, 0) is 56.2 Å². The molecule has 4 aromatic rings. The molecule has 3 aromatic carbocycles. The van der Waals surface area contributed by atoms with Crippen LogP contribution in [-0.2, 0) is 49.7 Å². The monoisotopic (exact) mass is 840 g/mol. The number of Topliss-reactive ketones (excluding diaryl/α,β-unsaturated/α-hetero) is 1. The molecule has 0 saturated heterocycles. The van der Waals surface area contributed by atoms with Gasteiger partial charge in [0, 0.05) is 42.9 Å². The number of H-pyrrole nitrogens is 1. The van der Waals surface area contributed by atoms with Crippen molar-refractivity contribution in [3.05, 3.63) is 130 Å². The first-order chi connectivity index (χ1) is 28.8. The number of ketones is 1. The van der Waals surface area contributed by atoms with Gasteiger partial charge in [0.15, 0.2) is 5.78 Å². The number of carbonyl (C=O) groups is 5. The molecule has 61 heavy (non-hydrogen) atoms. The maximum Gasteiger partial charge on any atom is 0.408 e. The molecular formula is C44H56N8O9. The van der Waals surface area contributed by atoms with Crippen molar-refractivity contribution < 1.29 is 38.7 Å². The number of aromatic nitrogens is 2. The molecule has 1 aromatic heterocycles. The summed E-state index contributed by atoms with van der Waals surface area (Å²) in [5, 5.41) is 28.7. The Balaban J connectivity index is 1.80. The Kier molecular flexibility index (Phi) is 16.9. The van der Waals surface area contributed by atoms with Gasteiger partial charge in [-0.2, -0.15) is 0 Å². The van der Waals surface area contributed by atoms with E-state index in [1.54, 1.807) is 81.4 Å². The van der Waals surface area contributed by atoms with E-state index in [9.17, 15) is 29.6 Å². The van der Waals surface area contributed by atoms with Crippen LogP contribution in [0.1, 0.15) is 63.4 Å². The van der Waals surface area contributed by atoms with Crippen molar-refractivity contribution in [2.24, 2.45) is 23.3 Å². The number of aliphatic hydroxyl groups excluding tert-OH is 1. The molecule has 0 aliphatic carbocycles. The average Bonchev–Trinajstić information content (AvgIpc) is 3.72. The molecule has 4 rings (SSSR count). The highest BCUT2D eigenvalue weighted by Crippen LogP contribution is 2.23. The van der Waals surface area contributed by atoms with E-state index in [0.717, 1.165) is 4.90 Å². The average molecular weight is 841 g/mol. The largest absolute Gasteiger partial charge is 0.444 e. The van der Waals surface area contributed by atoms with Gasteiger partial charge in [0.05, 0.1) is 36.0 Å². The van der Waals surface area contributed by atoms with Gasteiger partial charge in [0.2, 0.25) is 17.7 Å². The summed E-state index contributed by atoms with van der Waals surface area (Å²) in [6.45, 7) is 8.39. The molecule has 0 spiro atoms.